The minimum absolute atomic E-state index is 0.525. The van der Waals surface area contributed by atoms with Crippen LogP contribution >= 0.6 is 0 Å². The third kappa shape index (κ3) is 8.83. The van der Waals surface area contributed by atoms with Crippen molar-refractivity contribution in [3.8, 4) is 0 Å². The molecular formula is C13H29NO4. The third-order valence-corrected chi connectivity index (χ3v) is 2.78. The fourth-order valence-corrected chi connectivity index (χ4v) is 1.70. The normalized spacial score (nSPS) is 13.5. The summed E-state index contributed by atoms with van der Waals surface area (Å²) in [4.78, 5) is 2.21. The van der Waals surface area contributed by atoms with Gasteiger partial charge < -0.3 is 24.2 Å². The molecule has 0 aromatic heterocycles. The van der Waals surface area contributed by atoms with Crippen LogP contribution in [0.25, 0.3) is 0 Å². The van der Waals surface area contributed by atoms with Gasteiger partial charge in [-0.15, -0.1) is 0 Å². The highest BCUT2D eigenvalue weighted by atomic mass is 16.7. The molecule has 0 saturated carbocycles. The number of rotatable bonds is 12. The number of ether oxygens (including phenoxy) is 3. The van der Waals surface area contributed by atoms with Gasteiger partial charge in [-0.1, -0.05) is 6.92 Å². The average Bonchev–Trinajstić information content (AvgIpc) is 2.36. The SMILES string of the molecule is CCCOCCN(C)CCCC(O)C(OC)OC. The van der Waals surface area contributed by atoms with E-state index in [1.54, 1.807) is 0 Å². The Morgan fingerprint density at radius 3 is 2.33 bits per heavy atom. The summed E-state index contributed by atoms with van der Waals surface area (Å²) in [5.74, 6) is 0. The summed E-state index contributed by atoms with van der Waals surface area (Å²) in [7, 11) is 5.13. The lowest BCUT2D eigenvalue weighted by molar-refractivity contribution is -0.165. The molecule has 0 fully saturated rings. The monoisotopic (exact) mass is 263 g/mol. The predicted octanol–water partition coefficient (Wildman–Crippen LogP) is 1.10. The zero-order valence-electron chi connectivity index (χ0n) is 12.2. The van der Waals surface area contributed by atoms with Crippen LogP contribution in [0.3, 0.4) is 0 Å². The molecule has 0 bridgehead atoms. The summed E-state index contributed by atoms with van der Waals surface area (Å²) in [5, 5.41) is 9.77. The van der Waals surface area contributed by atoms with E-state index in [1.165, 1.54) is 14.2 Å². The Morgan fingerprint density at radius 1 is 1.11 bits per heavy atom. The molecule has 1 N–H and O–H groups in total. The largest absolute Gasteiger partial charge is 0.388 e. The summed E-state index contributed by atoms with van der Waals surface area (Å²) in [6, 6.07) is 0. The number of likely N-dealkylation sites (N-methyl/N-ethyl adjacent to an activating group) is 1. The van der Waals surface area contributed by atoms with E-state index in [9.17, 15) is 5.11 Å². The van der Waals surface area contributed by atoms with Crippen LogP contribution in [0.2, 0.25) is 0 Å². The number of methoxy groups -OCH3 is 2. The molecule has 0 saturated heterocycles. The molecule has 0 aliphatic heterocycles. The molecule has 0 spiro atoms. The first-order valence-corrected chi connectivity index (χ1v) is 6.65. The Bertz CT molecular complexity index is 176. The maximum absolute atomic E-state index is 9.77. The van der Waals surface area contributed by atoms with E-state index in [0.29, 0.717) is 6.42 Å². The minimum atomic E-state index is -0.565. The van der Waals surface area contributed by atoms with Crippen LogP contribution in [0.5, 0.6) is 0 Å². The molecule has 1 unspecified atom stereocenters. The van der Waals surface area contributed by atoms with Crippen molar-refractivity contribution in [3.05, 3.63) is 0 Å². The van der Waals surface area contributed by atoms with Gasteiger partial charge in [0.2, 0.25) is 0 Å². The van der Waals surface area contributed by atoms with Gasteiger partial charge in [0, 0.05) is 27.4 Å². The van der Waals surface area contributed by atoms with Crippen molar-refractivity contribution in [2.24, 2.45) is 0 Å². The van der Waals surface area contributed by atoms with Gasteiger partial charge >= 0.3 is 0 Å². The second-order valence-electron chi connectivity index (χ2n) is 4.47. The number of hydrogen-bond donors (Lipinski definition) is 1. The second kappa shape index (κ2) is 11.9. The van der Waals surface area contributed by atoms with E-state index in [4.69, 9.17) is 14.2 Å². The van der Waals surface area contributed by atoms with Crippen LogP contribution in [0.15, 0.2) is 0 Å². The predicted molar refractivity (Wildman–Crippen MR) is 71.7 cm³/mol. The lowest BCUT2D eigenvalue weighted by Crippen LogP contribution is -2.31. The number of aliphatic hydroxyl groups is 1. The molecule has 5 heteroatoms. The van der Waals surface area contributed by atoms with Crippen molar-refractivity contribution < 1.29 is 19.3 Å². The van der Waals surface area contributed by atoms with Gasteiger partial charge in [0.15, 0.2) is 6.29 Å². The zero-order chi connectivity index (χ0) is 13.8. The van der Waals surface area contributed by atoms with E-state index < -0.39 is 12.4 Å². The molecule has 0 heterocycles. The molecule has 0 aliphatic rings. The summed E-state index contributed by atoms with van der Waals surface area (Å²) in [5.41, 5.74) is 0. The first-order chi connectivity index (χ1) is 8.65. The minimum Gasteiger partial charge on any atom is -0.388 e. The fraction of sp³-hybridized carbons (Fsp3) is 1.00. The van der Waals surface area contributed by atoms with Crippen LogP contribution in [0.1, 0.15) is 26.2 Å². The summed E-state index contributed by atoms with van der Waals surface area (Å²) < 4.78 is 15.4. The molecule has 0 amide bonds. The Morgan fingerprint density at radius 2 is 1.78 bits per heavy atom. The van der Waals surface area contributed by atoms with Gasteiger partial charge in [-0.25, -0.2) is 0 Å². The van der Waals surface area contributed by atoms with Crippen molar-refractivity contribution in [2.45, 2.75) is 38.6 Å². The lowest BCUT2D eigenvalue weighted by atomic mass is 10.2. The van der Waals surface area contributed by atoms with E-state index in [-0.39, 0.29) is 0 Å². The second-order valence-corrected chi connectivity index (χ2v) is 4.47. The molecule has 0 aromatic rings. The van der Waals surface area contributed by atoms with Crippen LogP contribution in [-0.4, -0.2) is 70.0 Å². The number of hydrogen-bond acceptors (Lipinski definition) is 5. The molecule has 18 heavy (non-hydrogen) atoms. The van der Waals surface area contributed by atoms with E-state index in [1.807, 2.05) is 0 Å². The average molecular weight is 263 g/mol. The summed E-state index contributed by atoms with van der Waals surface area (Å²) in [6.45, 7) is 5.56. The van der Waals surface area contributed by atoms with Gasteiger partial charge in [0.25, 0.3) is 0 Å². The molecule has 0 aliphatic carbocycles. The molecule has 110 valence electrons. The lowest BCUT2D eigenvalue weighted by Gasteiger charge is -2.21. The van der Waals surface area contributed by atoms with Crippen molar-refractivity contribution in [2.75, 3.05) is 47.6 Å². The van der Waals surface area contributed by atoms with Crippen LogP contribution in [-0.2, 0) is 14.2 Å². The fourth-order valence-electron chi connectivity index (χ4n) is 1.70. The quantitative estimate of drug-likeness (QED) is 0.422. The summed E-state index contributed by atoms with van der Waals surface area (Å²) in [6.07, 6.45) is 1.56. The van der Waals surface area contributed by atoms with Crippen molar-refractivity contribution >= 4 is 0 Å². The van der Waals surface area contributed by atoms with Crippen LogP contribution < -0.4 is 0 Å². The Labute approximate surface area is 111 Å². The number of nitrogens with zero attached hydrogens (tertiary/aromatic N) is 1. The van der Waals surface area contributed by atoms with Crippen LogP contribution in [0, 0.1) is 0 Å². The number of aliphatic hydroxyl groups excluding tert-OH is 1. The maximum atomic E-state index is 9.77. The maximum Gasteiger partial charge on any atom is 0.182 e. The zero-order valence-corrected chi connectivity index (χ0v) is 12.2. The highest BCUT2D eigenvalue weighted by molar-refractivity contribution is 4.61. The van der Waals surface area contributed by atoms with Gasteiger partial charge in [-0.05, 0) is 32.9 Å². The van der Waals surface area contributed by atoms with Crippen molar-refractivity contribution in [3.63, 3.8) is 0 Å². The van der Waals surface area contributed by atoms with E-state index in [2.05, 4.69) is 18.9 Å². The highest BCUT2D eigenvalue weighted by Gasteiger charge is 2.17. The third-order valence-electron chi connectivity index (χ3n) is 2.78. The Kier molecular flexibility index (Phi) is 11.7. The smallest absolute Gasteiger partial charge is 0.182 e. The highest BCUT2D eigenvalue weighted by Crippen LogP contribution is 2.06. The molecular weight excluding hydrogens is 234 g/mol. The summed E-state index contributed by atoms with van der Waals surface area (Å²) >= 11 is 0. The Hall–Kier alpha value is -0.200. The van der Waals surface area contributed by atoms with Gasteiger partial charge in [0.05, 0.1) is 6.61 Å². The molecule has 0 radical (unpaired) electrons. The molecule has 0 rings (SSSR count). The Balaban J connectivity index is 3.51. The topological polar surface area (TPSA) is 51.2 Å². The van der Waals surface area contributed by atoms with Gasteiger partial charge in [-0.3, -0.25) is 0 Å². The van der Waals surface area contributed by atoms with Crippen molar-refractivity contribution in [1.29, 1.82) is 0 Å². The first kappa shape index (κ1) is 17.8. The first-order valence-electron chi connectivity index (χ1n) is 6.65. The van der Waals surface area contributed by atoms with E-state index in [0.717, 1.165) is 39.1 Å². The van der Waals surface area contributed by atoms with Crippen molar-refractivity contribution in [1.82, 2.24) is 4.90 Å². The van der Waals surface area contributed by atoms with Crippen LogP contribution in [0.4, 0.5) is 0 Å². The standard InChI is InChI=1S/C13H29NO4/c1-5-10-18-11-9-14(2)8-6-7-12(15)13(16-3)17-4/h12-13,15H,5-11H2,1-4H3. The van der Waals surface area contributed by atoms with Gasteiger partial charge in [0.1, 0.15) is 6.10 Å². The molecule has 5 nitrogen and oxygen atoms in total. The van der Waals surface area contributed by atoms with E-state index >= 15 is 0 Å². The van der Waals surface area contributed by atoms with Gasteiger partial charge in [-0.2, -0.15) is 0 Å². The molecule has 1 atom stereocenters. The molecule has 0 aromatic carbocycles.